The molecule has 1 atom stereocenters. The number of phenols is 1. The Balaban J connectivity index is 2.07. The molecule has 0 radical (unpaired) electrons. The van der Waals surface area contributed by atoms with Crippen LogP contribution in [0.1, 0.15) is 28.4 Å². The van der Waals surface area contributed by atoms with Gasteiger partial charge in [0.1, 0.15) is 11.4 Å². The Morgan fingerprint density at radius 2 is 1.86 bits per heavy atom. The summed E-state index contributed by atoms with van der Waals surface area (Å²) >= 11 is 0. The zero-order valence-corrected chi connectivity index (χ0v) is 12.1. The summed E-state index contributed by atoms with van der Waals surface area (Å²) in [5.74, 6) is -0.278. The first-order valence-corrected chi connectivity index (χ1v) is 6.75. The highest BCUT2D eigenvalue weighted by Crippen LogP contribution is 2.20. The minimum atomic E-state index is -1.15. The van der Waals surface area contributed by atoms with Crippen LogP contribution >= 0.6 is 0 Å². The zero-order valence-electron chi connectivity index (χ0n) is 12.1. The van der Waals surface area contributed by atoms with E-state index >= 15 is 0 Å². The lowest BCUT2D eigenvalue weighted by Crippen LogP contribution is -2.38. The largest absolute Gasteiger partial charge is 0.508 e. The van der Waals surface area contributed by atoms with Crippen molar-refractivity contribution in [3.05, 3.63) is 65.2 Å². The zero-order chi connectivity index (χ0) is 15.5. The average molecular weight is 285 g/mol. The molecular formula is C17H19NO3. The van der Waals surface area contributed by atoms with Crippen molar-refractivity contribution in [2.75, 3.05) is 6.54 Å². The number of aryl methyl sites for hydroxylation is 1. The molecule has 0 aromatic heterocycles. The fraction of sp³-hybridized carbons (Fsp3) is 0.235. The van der Waals surface area contributed by atoms with Crippen LogP contribution in [0.2, 0.25) is 0 Å². The van der Waals surface area contributed by atoms with Gasteiger partial charge in [-0.2, -0.15) is 0 Å². The molecule has 0 spiro atoms. The number of benzene rings is 2. The Labute approximate surface area is 124 Å². The third-order valence-electron chi connectivity index (χ3n) is 3.31. The van der Waals surface area contributed by atoms with E-state index in [1.54, 1.807) is 26.0 Å². The Hall–Kier alpha value is -2.33. The first-order chi connectivity index (χ1) is 9.88. The molecule has 0 saturated heterocycles. The van der Waals surface area contributed by atoms with E-state index in [-0.39, 0.29) is 18.2 Å². The second kappa shape index (κ2) is 5.97. The Morgan fingerprint density at radius 3 is 2.48 bits per heavy atom. The van der Waals surface area contributed by atoms with Crippen LogP contribution in [0.3, 0.4) is 0 Å². The van der Waals surface area contributed by atoms with E-state index in [1.807, 2.05) is 30.3 Å². The number of hydrogen-bond acceptors (Lipinski definition) is 3. The summed E-state index contributed by atoms with van der Waals surface area (Å²) in [6.45, 7) is 3.54. The van der Waals surface area contributed by atoms with Crippen molar-refractivity contribution in [3.8, 4) is 5.75 Å². The monoisotopic (exact) mass is 285 g/mol. The van der Waals surface area contributed by atoms with Crippen LogP contribution in [-0.2, 0) is 5.60 Å². The molecule has 0 aliphatic rings. The van der Waals surface area contributed by atoms with E-state index in [2.05, 4.69) is 5.32 Å². The van der Waals surface area contributed by atoms with Crippen molar-refractivity contribution in [1.29, 1.82) is 0 Å². The third kappa shape index (κ3) is 3.83. The summed E-state index contributed by atoms with van der Waals surface area (Å²) in [7, 11) is 0. The minimum Gasteiger partial charge on any atom is -0.508 e. The average Bonchev–Trinajstić information content (AvgIpc) is 2.45. The molecular weight excluding hydrogens is 266 g/mol. The lowest BCUT2D eigenvalue weighted by atomic mass is 9.96. The number of nitrogens with one attached hydrogen (secondary N) is 1. The number of rotatable bonds is 4. The van der Waals surface area contributed by atoms with Gasteiger partial charge in [-0.1, -0.05) is 30.3 Å². The molecule has 2 rings (SSSR count). The van der Waals surface area contributed by atoms with Crippen LogP contribution in [0.15, 0.2) is 48.5 Å². The molecule has 0 heterocycles. The van der Waals surface area contributed by atoms with Gasteiger partial charge in [0, 0.05) is 5.56 Å². The fourth-order valence-electron chi connectivity index (χ4n) is 2.15. The molecule has 3 N–H and O–H groups in total. The Kier molecular flexibility index (Phi) is 4.29. The van der Waals surface area contributed by atoms with Gasteiger partial charge in [-0.15, -0.1) is 0 Å². The number of hydrogen-bond donors (Lipinski definition) is 3. The van der Waals surface area contributed by atoms with E-state index in [0.29, 0.717) is 5.56 Å². The molecule has 0 bridgehead atoms. The maximum Gasteiger partial charge on any atom is 0.251 e. The first kappa shape index (κ1) is 15.1. The molecule has 21 heavy (non-hydrogen) atoms. The molecule has 2 aromatic carbocycles. The van der Waals surface area contributed by atoms with Gasteiger partial charge in [0.25, 0.3) is 5.91 Å². The van der Waals surface area contributed by atoms with Crippen LogP contribution in [-0.4, -0.2) is 22.7 Å². The van der Waals surface area contributed by atoms with Crippen LogP contribution in [0.5, 0.6) is 5.75 Å². The maximum atomic E-state index is 12.1. The van der Waals surface area contributed by atoms with Gasteiger partial charge >= 0.3 is 0 Å². The quantitative estimate of drug-likeness (QED) is 0.807. The highest BCUT2D eigenvalue weighted by atomic mass is 16.3. The summed E-state index contributed by atoms with van der Waals surface area (Å²) in [6.07, 6.45) is 0. The lowest BCUT2D eigenvalue weighted by Gasteiger charge is -2.24. The smallest absolute Gasteiger partial charge is 0.251 e. The van der Waals surface area contributed by atoms with E-state index in [4.69, 9.17) is 0 Å². The van der Waals surface area contributed by atoms with Crippen LogP contribution < -0.4 is 5.32 Å². The number of aliphatic hydroxyl groups is 1. The molecule has 0 fully saturated rings. The topological polar surface area (TPSA) is 69.6 Å². The summed E-state index contributed by atoms with van der Waals surface area (Å²) in [4.78, 5) is 12.1. The van der Waals surface area contributed by atoms with Gasteiger partial charge < -0.3 is 15.5 Å². The molecule has 2 aromatic rings. The minimum absolute atomic E-state index is 0.0509. The van der Waals surface area contributed by atoms with Gasteiger partial charge in [-0.3, -0.25) is 4.79 Å². The summed E-state index contributed by atoms with van der Waals surface area (Å²) < 4.78 is 0. The Bertz CT molecular complexity index is 615. The van der Waals surface area contributed by atoms with Gasteiger partial charge in [-0.25, -0.2) is 0 Å². The predicted octanol–water partition coefficient (Wildman–Crippen LogP) is 2.34. The van der Waals surface area contributed by atoms with Gasteiger partial charge in [0.05, 0.1) is 6.54 Å². The Morgan fingerprint density at radius 1 is 1.19 bits per heavy atom. The van der Waals surface area contributed by atoms with Crippen LogP contribution in [0.4, 0.5) is 0 Å². The van der Waals surface area contributed by atoms with Crippen molar-refractivity contribution in [3.63, 3.8) is 0 Å². The van der Waals surface area contributed by atoms with Crippen molar-refractivity contribution >= 4 is 5.91 Å². The highest BCUT2D eigenvalue weighted by Gasteiger charge is 2.23. The second-order valence-corrected chi connectivity index (χ2v) is 5.38. The molecule has 1 amide bonds. The van der Waals surface area contributed by atoms with Crippen molar-refractivity contribution in [1.82, 2.24) is 5.32 Å². The third-order valence-corrected chi connectivity index (χ3v) is 3.31. The molecule has 0 saturated carbocycles. The molecule has 0 aliphatic carbocycles. The number of carbonyl (C=O) groups excluding carboxylic acids is 1. The van der Waals surface area contributed by atoms with E-state index in [0.717, 1.165) is 11.1 Å². The summed E-state index contributed by atoms with van der Waals surface area (Å²) in [5, 5.41) is 22.6. The van der Waals surface area contributed by atoms with E-state index in [1.165, 1.54) is 6.07 Å². The van der Waals surface area contributed by atoms with Crippen molar-refractivity contribution < 1.29 is 15.0 Å². The normalized spacial score (nSPS) is 13.5. The van der Waals surface area contributed by atoms with E-state index < -0.39 is 5.60 Å². The fourth-order valence-corrected chi connectivity index (χ4v) is 2.15. The maximum absolute atomic E-state index is 12.1. The van der Waals surface area contributed by atoms with Gasteiger partial charge in [0.2, 0.25) is 0 Å². The lowest BCUT2D eigenvalue weighted by molar-refractivity contribution is 0.0526. The van der Waals surface area contributed by atoms with E-state index in [9.17, 15) is 15.0 Å². The second-order valence-electron chi connectivity index (χ2n) is 5.38. The molecule has 4 heteroatoms. The van der Waals surface area contributed by atoms with Crippen LogP contribution in [0.25, 0.3) is 0 Å². The summed E-state index contributed by atoms with van der Waals surface area (Å²) in [6, 6.07) is 13.8. The number of amides is 1. The molecule has 110 valence electrons. The van der Waals surface area contributed by atoms with Crippen LogP contribution in [0, 0.1) is 6.92 Å². The predicted molar refractivity (Wildman–Crippen MR) is 81.2 cm³/mol. The summed E-state index contributed by atoms with van der Waals surface area (Å²) in [5.41, 5.74) is 0.756. The van der Waals surface area contributed by atoms with Gasteiger partial charge in [-0.05, 0) is 43.2 Å². The first-order valence-electron chi connectivity index (χ1n) is 6.75. The molecule has 4 nitrogen and oxygen atoms in total. The van der Waals surface area contributed by atoms with Gasteiger partial charge in [0.15, 0.2) is 0 Å². The molecule has 0 aliphatic heterocycles. The number of phenolic OH excluding ortho intramolecular Hbond substituents is 1. The standard InChI is InChI=1S/C17H19NO3/c1-12-8-13(10-15(19)9-12)16(20)18-11-17(2,21)14-6-4-3-5-7-14/h3-10,19,21H,11H2,1-2H3,(H,18,20). The number of carbonyl (C=O) groups is 1. The SMILES string of the molecule is Cc1cc(O)cc(C(=O)NCC(C)(O)c2ccccc2)c1. The van der Waals surface area contributed by atoms with Crippen molar-refractivity contribution in [2.45, 2.75) is 19.4 Å². The van der Waals surface area contributed by atoms with Crippen molar-refractivity contribution in [2.24, 2.45) is 0 Å². The molecule has 1 unspecified atom stereocenters. The number of aromatic hydroxyl groups is 1. The highest BCUT2D eigenvalue weighted by molar-refractivity contribution is 5.94.